The van der Waals surface area contributed by atoms with Crippen LogP contribution >= 0.6 is 0 Å². The Bertz CT molecular complexity index is 1540. The van der Waals surface area contributed by atoms with Gasteiger partial charge in [0.15, 0.2) is 21.3 Å². The number of benzene rings is 3. The number of aromatic nitrogens is 1. The summed E-state index contributed by atoms with van der Waals surface area (Å²) in [6.07, 6.45) is 1.49. The van der Waals surface area contributed by atoms with Crippen molar-refractivity contribution in [3.05, 3.63) is 95.7 Å². The number of para-hydroxylation sites is 3. The van der Waals surface area contributed by atoms with Gasteiger partial charge in [-0.2, -0.15) is 0 Å². The largest absolute Gasteiger partial charge is 0.493 e. The van der Waals surface area contributed by atoms with Gasteiger partial charge in [-0.05, 0) is 54.4 Å². The van der Waals surface area contributed by atoms with Crippen LogP contribution in [0.4, 0.5) is 0 Å². The highest BCUT2D eigenvalue weighted by atomic mass is 32.2. The molecule has 0 atom stereocenters. The molecule has 184 valence electrons. The average molecular weight is 503 g/mol. The van der Waals surface area contributed by atoms with Crippen LogP contribution in [0, 0.1) is 6.92 Å². The van der Waals surface area contributed by atoms with Gasteiger partial charge in [0.2, 0.25) is 0 Å². The number of carbonyl (C=O) groups excluding carboxylic acids is 1. The minimum atomic E-state index is -3.63. The molecule has 0 saturated carbocycles. The molecule has 0 bridgehead atoms. The Morgan fingerprint density at radius 3 is 2.50 bits per heavy atom. The Morgan fingerprint density at radius 2 is 1.75 bits per heavy atom. The van der Waals surface area contributed by atoms with Crippen molar-refractivity contribution in [1.82, 2.24) is 9.88 Å². The minimum absolute atomic E-state index is 0.106. The van der Waals surface area contributed by atoms with Crippen LogP contribution in [0.1, 0.15) is 21.5 Å². The number of fused-ring (bicyclic) bond motifs is 1. The van der Waals surface area contributed by atoms with E-state index in [1.54, 1.807) is 54.6 Å². The lowest BCUT2D eigenvalue weighted by Gasteiger charge is -2.39. The lowest BCUT2D eigenvalue weighted by atomic mass is 10.0. The average Bonchev–Trinajstić information content (AvgIpc) is 2.86. The summed E-state index contributed by atoms with van der Waals surface area (Å²) in [4.78, 5) is 19.2. The Labute approximate surface area is 210 Å². The molecule has 2 heterocycles. The normalized spacial score (nSPS) is 13.9. The van der Waals surface area contributed by atoms with Gasteiger partial charge in [-0.1, -0.05) is 36.4 Å². The van der Waals surface area contributed by atoms with Gasteiger partial charge in [-0.15, -0.1) is 0 Å². The lowest BCUT2D eigenvalue weighted by Crippen LogP contribution is -2.56. The molecule has 0 radical (unpaired) electrons. The molecule has 0 spiro atoms. The van der Waals surface area contributed by atoms with E-state index in [4.69, 9.17) is 9.47 Å². The summed E-state index contributed by atoms with van der Waals surface area (Å²) in [6, 6.07) is 21.4. The lowest BCUT2D eigenvalue weighted by molar-refractivity contribution is 0.0169. The molecular formula is C28H26N2O5S. The molecule has 3 aromatic carbocycles. The van der Waals surface area contributed by atoms with E-state index in [9.17, 15) is 13.2 Å². The number of methoxy groups -OCH3 is 1. The van der Waals surface area contributed by atoms with Gasteiger partial charge < -0.3 is 14.4 Å². The van der Waals surface area contributed by atoms with E-state index in [2.05, 4.69) is 4.98 Å². The highest BCUT2D eigenvalue weighted by molar-refractivity contribution is 7.90. The summed E-state index contributed by atoms with van der Waals surface area (Å²) in [6.45, 7) is 2.77. The number of rotatable bonds is 7. The van der Waals surface area contributed by atoms with E-state index < -0.39 is 9.84 Å². The molecule has 1 fully saturated rings. The second-order valence-electron chi connectivity index (χ2n) is 8.83. The maximum absolute atomic E-state index is 13.2. The highest BCUT2D eigenvalue weighted by Gasteiger charge is 2.33. The van der Waals surface area contributed by atoms with Gasteiger partial charge >= 0.3 is 0 Å². The van der Waals surface area contributed by atoms with E-state index in [0.29, 0.717) is 41.2 Å². The molecule has 1 aliphatic rings. The van der Waals surface area contributed by atoms with Crippen LogP contribution in [0.15, 0.2) is 83.9 Å². The first-order valence-corrected chi connectivity index (χ1v) is 13.3. The molecular weight excluding hydrogens is 476 g/mol. The number of carbonyl (C=O) groups is 1. The van der Waals surface area contributed by atoms with E-state index in [-0.39, 0.29) is 22.7 Å². The van der Waals surface area contributed by atoms with E-state index in [1.807, 2.05) is 43.3 Å². The first-order valence-electron chi connectivity index (χ1n) is 11.6. The second-order valence-corrected chi connectivity index (χ2v) is 10.8. The standard InChI is InChI=1S/C28H26N2O5S/c1-19-15-21(28(31)30-16-23(17-30)35-25-10-4-3-9-24(25)34-2)12-13-22(19)18-36(32,33)26-11-5-7-20-8-6-14-29-27(20)26/h3-15,23H,16-18H2,1-2H3. The first-order chi connectivity index (χ1) is 17.4. The maximum atomic E-state index is 13.2. The van der Waals surface area contributed by atoms with Crippen molar-refractivity contribution < 1.29 is 22.7 Å². The van der Waals surface area contributed by atoms with Crippen LogP contribution in [-0.2, 0) is 15.6 Å². The number of hydrogen-bond donors (Lipinski definition) is 0. The van der Waals surface area contributed by atoms with Crippen molar-refractivity contribution in [2.75, 3.05) is 20.2 Å². The number of pyridine rings is 1. The van der Waals surface area contributed by atoms with Gasteiger partial charge in [0.1, 0.15) is 6.10 Å². The second kappa shape index (κ2) is 9.62. The van der Waals surface area contributed by atoms with Gasteiger partial charge in [0.25, 0.3) is 5.91 Å². The van der Waals surface area contributed by atoms with Crippen LogP contribution in [0.5, 0.6) is 11.5 Å². The summed E-state index contributed by atoms with van der Waals surface area (Å²) in [5, 5.41) is 0.777. The zero-order valence-corrected chi connectivity index (χ0v) is 20.9. The monoisotopic (exact) mass is 502 g/mol. The predicted molar refractivity (Wildman–Crippen MR) is 137 cm³/mol. The Hall–Kier alpha value is -3.91. The molecule has 36 heavy (non-hydrogen) atoms. The number of likely N-dealkylation sites (tertiary alicyclic amines) is 1. The Kier molecular flexibility index (Phi) is 6.36. The van der Waals surface area contributed by atoms with Crippen molar-refractivity contribution in [2.24, 2.45) is 0 Å². The van der Waals surface area contributed by atoms with Crippen LogP contribution < -0.4 is 9.47 Å². The van der Waals surface area contributed by atoms with Crippen molar-refractivity contribution in [3.63, 3.8) is 0 Å². The quantitative estimate of drug-likeness (QED) is 0.372. The molecule has 1 amide bonds. The van der Waals surface area contributed by atoms with Crippen LogP contribution in [0.3, 0.4) is 0 Å². The fourth-order valence-corrected chi connectivity index (χ4v) is 6.00. The zero-order chi connectivity index (χ0) is 25.3. The third-order valence-electron chi connectivity index (χ3n) is 6.36. The number of amides is 1. The van der Waals surface area contributed by atoms with Crippen LogP contribution in [-0.4, -0.2) is 50.5 Å². The topological polar surface area (TPSA) is 85.8 Å². The van der Waals surface area contributed by atoms with Gasteiger partial charge in [-0.25, -0.2) is 8.42 Å². The van der Waals surface area contributed by atoms with Gasteiger partial charge in [-0.3, -0.25) is 9.78 Å². The van der Waals surface area contributed by atoms with E-state index in [0.717, 1.165) is 10.9 Å². The molecule has 1 aromatic heterocycles. The molecule has 7 nitrogen and oxygen atoms in total. The smallest absolute Gasteiger partial charge is 0.254 e. The number of nitrogens with zero attached hydrogens (tertiary/aromatic N) is 2. The third kappa shape index (κ3) is 4.64. The molecule has 1 aliphatic heterocycles. The molecule has 0 N–H and O–H groups in total. The van der Waals surface area contributed by atoms with Crippen molar-refractivity contribution >= 4 is 26.6 Å². The first kappa shape index (κ1) is 23.8. The summed E-state index contributed by atoms with van der Waals surface area (Å²) in [7, 11) is -2.04. The van der Waals surface area contributed by atoms with Crippen molar-refractivity contribution in [2.45, 2.75) is 23.7 Å². The molecule has 5 rings (SSSR count). The van der Waals surface area contributed by atoms with Crippen molar-refractivity contribution in [3.8, 4) is 11.5 Å². The number of sulfone groups is 1. The molecule has 1 saturated heterocycles. The summed E-state index contributed by atoms with van der Waals surface area (Å²) in [5.74, 6) is 1.04. The Balaban J connectivity index is 1.27. The summed E-state index contributed by atoms with van der Waals surface area (Å²) >= 11 is 0. The summed E-state index contributed by atoms with van der Waals surface area (Å²) < 4.78 is 37.8. The minimum Gasteiger partial charge on any atom is -0.493 e. The van der Waals surface area contributed by atoms with Crippen molar-refractivity contribution in [1.29, 1.82) is 0 Å². The predicted octanol–water partition coefficient (Wildman–Crippen LogP) is 4.43. The summed E-state index contributed by atoms with van der Waals surface area (Å²) in [5.41, 5.74) is 2.39. The SMILES string of the molecule is COc1ccccc1OC1CN(C(=O)c2ccc(CS(=O)(=O)c3cccc4cccnc34)c(C)c2)C1. The molecule has 4 aromatic rings. The fourth-order valence-electron chi connectivity index (χ4n) is 4.36. The van der Waals surface area contributed by atoms with Crippen LogP contribution in [0.25, 0.3) is 10.9 Å². The molecule has 0 aliphatic carbocycles. The maximum Gasteiger partial charge on any atom is 0.254 e. The Morgan fingerprint density at radius 1 is 1.00 bits per heavy atom. The van der Waals surface area contributed by atoms with Gasteiger partial charge in [0.05, 0.1) is 36.4 Å². The molecule has 0 unspecified atom stereocenters. The third-order valence-corrected chi connectivity index (χ3v) is 8.05. The van der Waals surface area contributed by atoms with Crippen LogP contribution in [0.2, 0.25) is 0 Å². The zero-order valence-electron chi connectivity index (χ0n) is 20.0. The van der Waals surface area contributed by atoms with E-state index in [1.165, 1.54) is 0 Å². The van der Waals surface area contributed by atoms with Gasteiger partial charge in [0, 0.05) is 17.1 Å². The highest BCUT2D eigenvalue weighted by Crippen LogP contribution is 2.30. The number of hydrogen-bond acceptors (Lipinski definition) is 6. The number of ether oxygens (including phenoxy) is 2. The fraction of sp³-hybridized carbons (Fsp3) is 0.214. The van der Waals surface area contributed by atoms with E-state index >= 15 is 0 Å². The number of aryl methyl sites for hydroxylation is 1. The molecule has 8 heteroatoms.